The van der Waals surface area contributed by atoms with Crippen LogP contribution >= 0.6 is 0 Å². The smallest absolute Gasteiger partial charge is 0.315 e. The molecule has 2 aromatic heterocycles. The van der Waals surface area contributed by atoms with Crippen LogP contribution in [-0.4, -0.2) is 44.6 Å². The van der Waals surface area contributed by atoms with Gasteiger partial charge < -0.3 is 10.6 Å². The molecule has 2 N–H and O–H groups in total. The summed E-state index contributed by atoms with van der Waals surface area (Å²) in [5.74, 6) is 0.804. The molecule has 1 saturated heterocycles. The Morgan fingerprint density at radius 3 is 2.59 bits per heavy atom. The molecule has 0 saturated carbocycles. The number of benzene rings is 1. The van der Waals surface area contributed by atoms with Crippen LogP contribution in [0.15, 0.2) is 67.4 Å². The van der Waals surface area contributed by atoms with E-state index in [4.69, 9.17) is 0 Å². The summed E-state index contributed by atoms with van der Waals surface area (Å²) in [7, 11) is 0. The van der Waals surface area contributed by atoms with Gasteiger partial charge in [-0.25, -0.2) is 14.8 Å². The molecule has 1 aliphatic heterocycles. The molecule has 1 aliphatic rings. The molecule has 0 spiro atoms. The first-order valence-electron chi connectivity index (χ1n) is 10.0. The van der Waals surface area contributed by atoms with Crippen molar-refractivity contribution in [2.24, 2.45) is 0 Å². The molecular weight excluding hydrogens is 364 g/mol. The fourth-order valence-corrected chi connectivity index (χ4v) is 3.56. The molecule has 29 heavy (non-hydrogen) atoms. The van der Waals surface area contributed by atoms with Crippen LogP contribution in [-0.2, 0) is 13.1 Å². The summed E-state index contributed by atoms with van der Waals surface area (Å²) in [6.07, 6.45) is 8.99. The van der Waals surface area contributed by atoms with E-state index in [1.165, 1.54) is 5.56 Å². The highest BCUT2D eigenvalue weighted by atomic mass is 16.2. The summed E-state index contributed by atoms with van der Waals surface area (Å²) in [6.45, 7) is 3.43. The molecule has 2 amide bonds. The molecule has 3 aromatic rings. The maximum absolute atomic E-state index is 12.2. The van der Waals surface area contributed by atoms with Crippen molar-refractivity contribution in [2.45, 2.75) is 32.0 Å². The van der Waals surface area contributed by atoms with E-state index in [0.29, 0.717) is 6.54 Å². The Morgan fingerprint density at radius 1 is 1.07 bits per heavy atom. The summed E-state index contributed by atoms with van der Waals surface area (Å²) in [5, 5.41) is 6.03. The van der Waals surface area contributed by atoms with Gasteiger partial charge in [-0.15, -0.1) is 0 Å². The fourth-order valence-electron chi connectivity index (χ4n) is 3.56. The first-order valence-corrected chi connectivity index (χ1v) is 10.0. The van der Waals surface area contributed by atoms with Gasteiger partial charge in [0.15, 0.2) is 0 Å². The topological polar surface area (TPSA) is 75.1 Å². The summed E-state index contributed by atoms with van der Waals surface area (Å²) < 4.78 is 1.84. The highest BCUT2D eigenvalue weighted by molar-refractivity contribution is 5.74. The number of imidazole rings is 1. The molecule has 0 unspecified atom stereocenters. The predicted octanol–water partition coefficient (Wildman–Crippen LogP) is 2.73. The third-order valence-corrected chi connectivity index (χ3v) is 5.20. The minimum absolute atomic E-state index is 0.120. The summed E-state index contributed by atoms with van der Waals surface area (Å²) in [4.78, 5) is 23.1. The number of carbonyl (C=O) groups excluding carboxylic acids is 1. The molecule has 4 rings (SSSR count). The number of nitrogens with zero attached hydrogens (tertiary/aromatic N) is 4. The van der Waals surface area contributed by atoms with Crippen molar-refractivity contribution in [1.82, 2.24) is 30.1 Å². The van der Waals surface area contributed by atoms with Crippen LogP contribution in [0.2, 0.25) is 0 Å². The van der Waals surface area contributed by atoms with Crippen molar-refractivity contribution in [3.63, 3.8) is 0 Å². The van der Waals surface area contributed by atoms with Crippen LogP contribution in [0.4, 0.5) is 4.79 Å². The average Bonchev–Trinajstić information content (AvgIpc) is 3.30. The largest absolute Gasteiger partial charge is 0.335 e. The molecule has 1 fully saturated rings. The van der Waals surface area contributed by atoms with Gasteiger partial charge in [0, 0.05) is 50.8 Å². The Hall–Kier alpha value is -3.19. The van der Waals surface area contributed by atoms with Crippen LogP contribution < -0.4 is 10.6 Å². The first-order chi connectivity index (χ1) is 14.3. The Morgan fingerprint density at radius 2 is 1.90 bits per heavy atom. The molecule has 3 heterocycles. The Balaban J connectivity index is 1.18. The van der Waals surface area contributed by atoms with Crippen LogP contribution in [0.5, 0.6) is 0 Å². The highest BCUT2D eigenvalue weighted by Gasteiger charge is 2.20. The number of hydrogen-bond donors (Lipinski definition) is 2. The van der Waals surface area contributed by atoms with Gasteiger partial charge in [-0.3, -0.25) is 9.47 Å². The first kappa shape index (κ1) is 19.1. The number of aromatic nitrogens is 3. The Kier molecular flexibility index (Phi) is 6.16. The van der Waals surface area contributed by atoms with Gasteiger partial charge in [0.1, 0.15) is 12.1 Å². The number of carbonyl (C=O) groups is 1. The second kappa shape index (κ2) is 9.34. The molecular formula is C22H26N6O. The second-order valence-electron chi connectivity index (χ2n) is 7.36. The Bertz CT molecular complexity index is 887. The summed E-state index contributed by atoms with van der Waals surface area (Å²) in [6, 6.07) is 14.5. The minimum Gasteiger partial charge on any atom is -0.335 e. The van der Waals surface area contributed by atoms with E-state index in [1.54, 1.807) is 18.7 Å². The summed E-state index contributed by atoms with van der Waals surface area (Å²) >= 11 is 0. The fraction of sp³-hybridized carbons (Fsp3) is 0.318. The van der Waals surface area contributed by atoms with Gasteiger partial charge in [-0.2, -0.15) is 0 Å². The van der Waals surface area contributed by atoms with Crippen molar-refractivity contribution in [3.8, 4) is 5.82 Å². The molecule has 150 valence electrons. The standard InChI is InChI=1S/C22H26N6O/c29-22(25-15-19-6-7-21(24-14-19)28-13-10-23-17-28)26-20-8-11-27(12-9-20)16-18-4-2-1-3-5-18/h1-7,10,13-14,17,20H,8-9,11-12,15-16H2,(H2,25,26,29). The molecule has 7 heteroatoms. The van der Waals surface area contributed by atoms with Gasteiger partial charge in [-0.1, -0.05) is 36.4 Å². The number of urea groups is 1. The third-order valence-electron chi connectivity index (χ3n) is 5.20. The third kappa shape index (κ3) is 5.42. The van der Waals surface area contributed by atoms with E-state index in [9.17, 15) is 4.79 Å². The maximum atomic E-state index is 12.2. The SMILES string of the molecule is O=C(NCc1ccc(-n2ccnc2)nc1)NC1CCN(Cc2ccccc2)CC1. The number of hydrogen-bond acceptors (Lipinski definition) is 4. The quantitative estimate of drug-likeness (QED) is 0.679. The van der Waals surface area contributed by atoms with Gasteiger partial charge in [0.05, 0.1) is 0 Å². The zero-order chi connectivity index (χ0) is 19.9. The van der Waals surface area contributed by atoms with Crippen LogP contribution in [0.25, 0.3) is 5.82 Å². The van der Waals surface area contributed by atoms with Crippen molar-refractivity contribution in [1.29, 1.82) is 0 Å². The maximum Gasteiger partial charge on any atom is 0.315 e. The van der Waals surface area contributed by atoms with E-state index in [-0.39, 0.29) is 12.1 Å². The van der Waals surface area contributed by atoms with Gasteiger partial charge in [0.25, 0.3) is 0 Å². The normalized spacial score (nSPS) is 15.2. The molecule has 0 aliphatic carbocycles. The second-order valence-corrected chi connectivity index (χ2v) is 7.36. The molecule has 0 atom stereocenters. The lowest BCUT2D eigenvalue weighted by atomic mass is 10.0. The van der Waals surface area contributed by atoms with Crippen LogP contribution in [0.3, 0.4) is 0 Å². The van der Waals surface area contributed by atoms with Crippen molar-refractivity contribution >= 4 is 6.03 Å². The van der Waals surface area contributed by atoms with Crippen LogP contribution in [0, 0.1) is 0 Å². The number of likely N-dealkylation sites (tertiary alicyclic amines) is 1. The number of amides is 2. The lowest BCUT2D eigenvalue weighted by molar-refractivity contribution is 0.186. The van der Waals surface area contributed by atoms with Gasteiger partial charge in [-0.05, 0) is 30.0 Å². The van der Waals surface area contributed by atoms with Crippen molar-refractivity contribution < 1.29 is 4.79 Å². The molecule has 0 bridgehead atoms. The molecule has 7 nitrogen and oxygen atoms in total. The molecule has 0 radical (unpaired) electrons. The predicted molar refractivity (Wildman–Crippen MR) is 111 cm³/mol. The van der Waals surface area contributed by atoms with Crippen LogP contribution in [0.1, 0.15) is 24.0 Å². The lowest BCUT2D eigenvalue weighted by Crippen LogP contribution is -2.47. The summed E-state index contributed by atoms with van der Waals surface area (Å²) in [5.41, 5.74) is 2.30. The monoisotopic (exact) mass is 390 g/mol. The van der Waals surface area contributed by atoms with E-state index in [0.717, 1.165) is 43.9 Å². The average molecular weight is 390 g/mol. The van der Waals surface area contributed by atoms with Crippen molar-refractivity contribution in [3.05, 3.63) is 78.5 Å². The van der Waals surface area contributed by atoms with E-state index in [1.807, 2.05) is 29.0 Å². The zero-order valence-corrected chi connectivity index (χ0v) is 16.4. The number of rotatable bonds is 6. The number of piperidine rings is 1. The minimum atomic E-state index is -0.120. The van der Waals surface area contributed by atoms with E-state index >= 15 is 0 Å². The van der Waals surface area contributed by atoms with E-state index in [2.05, 4.69) is 49.8 Å². The number of nitrogens with one attached hydrogen (secondary N) is 2. The van der Waals surface area contributed by atoms with Gasteiger partial charge in [0.2, 0.25) is 0 Å². The van der Waals surface area contributed by atoms with Gasteiger partial charge >= 0.3 is 6.03 Å². The Labute approximate surface area is 170 Å². The molecule has 1 aromatic carbocycles. The lowest BCUT2D eigenvalue weighted by Gasteiger charge is -2.32. The highest BCUT2D eigenvalue weighted by Crippen LogP contribution is 2.14. The number of pyridine rings is 1. The van der Waals surface area contributed by atoms with Crippen molar-refractivity contribution in [2.75, 3.05) is 13.1 Å². The van der Waals surface area contributed by atoms with E-state index < -0.39 is 0 Å². The zero-order valence-electron chi connectivity index (χ0n) is 16.4.